The number of nitrogens with zero attached hydrogens (tertiary/aromatic N) is 2. The zero-order valence-electron chi connectivity index (χ0n) is 11.1. The van der Waals surface area contributed by atoms with Gasteiger partial charge in [-0.15, -0.1) is 0 Å². The van der Waals surface area contributed by atoms with E-state index in [1.54, 1.807) is 0 Å². The van der Waals surface area contributed by atoms with Crippen LogP contribution in [0.1, 0.15) is 5.56 Å². The third kappa shape index (κ3) is 1.86. The van der Waals surface area contributed by atoms with Gasteiger partial charge in [0.1, 0.15) is 12.7 Å². The van der Waals surface area contributed by atoms with Gasteiger partial charge in [0.15, 0.2) is 5.52 Å². The predicted molar refractivity (Wildman–Crippen MR) is 80.6 cm³/mol. The summed E-state index contributed by atoms with van der Waals surface area (Å²) in [7, 11) is 0. The van der Waals surface area contributed by atoms with Crippen LogP contribution in [0.3, 0.4) is 0 Å². The van der Waals surface area contributed by atoms with Crippen LogP contribution in [-0.4, -0.2) is 4.40 Å². The number of aromatic nitrogens is 2. The molecule has 2 heteroatoms. The average molecular weight is 259 g/mol. The Balaban J connectivity index is 1.84. The minimum Gasteiger partial charge on any atom is -0.232 e. The van der Waals surface area contributed by atoms with Crippen LogP contribution in [0, 0.1) is 0 Å². The SMILES string of the molecule is c1ccc(C[n+]2cc3c4ccccc4ccn3c2)cc1. The van der Waals surface area contributed by atoms with E-state index in [0.29, 0.717) is 0 Å². The first-order valence-electron chi connectivity index (χ1n) is 6.82. The van der Waals surface area contributed by atoms with E-state index in [9.17, 15) is 0 Å². The molecule has 0 fully saturated rings. The highest BCUT2D eigenvalue weighted by molar-refractivity contribution is 5.95. The lowest BCUT2D eigenvalue weighted by Crippen LogP contribution is -2.31. The van der Waals surface area contributed by atoms with E-state index in [-0.39, 0.29) is 0 Å². The maximum atomic E-state index is 2.23. The molecule has 2 nitrogen and oxygen atoms in total. The second kappa shape index (κ2) is 4.49. The van der Waals surface area contributed by atoms with Crippen molar-refractivity contribution in [2.45, 2.75) is 6.54 Å². The molecule has 0 unspecified atom stereocenters. The zero-order valence-corrected chi connectivity index (χ0v) is 11.1. The minimum atomic E-state index is 0.900. The van der Waals surface area contributed by atoms with Gasteiger partial charge in [-0.05, 0) is 23.1 Å². The Morgan fingerprint density at radius 3 is 2.55 bits per heavy atom. The Hall–Kier alpha value is -2.61. The molecule has 4 rings (SSSR count). The summed E-state index contributed by atoms with van der Waals surface area (Å²) < 4.78 is 4.42. The first-order valence-corrected chi connectivity index (χ1v) is 6.82. The molecule has 0 radical (unpaired) electrons. The summed E-state index contributed by atoms with van der Waals surface area (Å²) >= 11 is 0. The molecule has 20 heavy (non-hydrogen) atoms. The Morgan fingerprint density at radius 2 is 1.65 bits per heavy atom. The normalized spacial score (nSPS) is 11.2. The molecule has 0 saturated heterocycles. The van der Waals surface area contributed by atoms with Gasteiger partial charge < -0.3 is 0 Å². The largest absolute Gasteiger partial charge is 0.249 e. The molecule has 96 valence electrons. The molecule has 2 aromatic heterocycles. The lowest BCUT2D eigenvalue weighted by Gasteiger charge is -1.95. The molecule has 2 heterocycles. The second-order valence-electron chi connectivity index (χ2n) is 5.10. The summed E-state index contributed by atoms with van der Waals surface area (Å²) in [6.07, 6.45) is 6.49. The number of hydrogen-bond donors (Lipinski definition) is 0. The molecule has 2 aromatic carbocycles. The van der Waals surface area contributed by atoms with Crippen molar-refractivity contribution in [3.8, 4) is 0 Å². The van der Waals surface area contributed by atoms with Crippen molar-refractivity contribution in [3.63, 3.8) is 0 Å². The van der Waals surface area contributed by atoms with Crippen LogP contribution in [0.25, 0.3) is 16.3 Å². The molecule has 0 saturated carbocycles. The number of fused-ring (bicyclic) bond motifs is 3. The summed E-state index contributed by atoms with van der Waals surface area (Å²) in [6.45, 7) is 0.900. The average Bonchev–Trinajstić information content (AvgIpc) is 2.91. The highest BCUT2D eigenvalue weighted by atomic mass is 15.1. The summed E-state index contributed by atoms with van der Waals surface area (Å²) in [4.78, 5) is 0. The van der Waals surface area contributed by atoms with Gasteiger partial charge in [-0.3, -0.25) is 0 Å². The van der Waals surface area contributed by atoms with Crippen molar-refractivity contribution in [1.29, 1.82) is 0 Å². The lowest BCUT2D eigenvalue weighted by atomic mass is 10.1. The minimum absolute atomic E-state index is 0.900. The second-order valence-corrected chi connectivity index (χ2v) is 5.10. The van der Waals surface area contributed by atoms with Crippen LogP contribution in [-0.2, 0) is 6.54 Å². The van der Waals surface area contributed by atoms with Gasteiger partial charge in [-0.2, -0.15) is 0 Å². The molecule has 0 aliphatic rings. The van der Waals surface area contributed by atoms with E-state index in [1.165, 1.54) is 21.9 Å². The van der Waals surface area contributed by atoms with Gasteiger partial charge in [0.05, 0.1) is 6.20 Å². The molecule has 4 aromatic rings. The molecule has 0 atom stereocenters. The molecular weight excluding hydrogens is 244 g/mol. The van der Waals surface area contributed by atoms with Crippen molar-refractivity contribution >= 4 is 16.3 Å². The summed E-state index contributed by atoms with van der Waals surface area (Å²) in [6, 6.07) is 21.2. The van der Waals surface area contributed by atoms with Crippen molar-refractivity contribution in [3.05, 3.63) is 84.9 Å². The van der Waals surface area contributed by atoms with Crippen LogP contribution in [0.15, 0.2) is 79.4 Å². The van der Waals surface area contributed by atoms with E-state index in [2.05, 4.69) is 88.4 Å². The highest BCUT2D eigenvalue weighted by Gasteiger charge is 2.10. The maximum absolute atomic E-state index is 2.23. The zero-order chi connectivity index (χ0) is 13.4. The third-order valence-corrected chi connectivity index (χ3v) is 3.70. The van der Waals surface area contributed by atoms with Crippen molar-refractivity contribution in [2.24, 2.45) is 0 Å². The first-order chi connectivity index (χ1) is 9.90. The Labute approximate surface area is 117 Å². The van der Waals surface area contributed by atoms with E-state index in [0.717, 1.165) is 6.54 Å². The van der Waals surface area contributed by atoms with E-state index < -0.39 is 0 Å². The Morgan fingerprint density at radius 1 is 0.850 bits per heavy atom. The van der Waals surface area contributed by atoms with Crippen LogP contribution in [0.2, 0.25) is 0 Å². The van der Waals surface area contributed by atoms with Crippen LogP contribution < -0.4 is 4.57 Å². The van der Waals surface area contributed by atoms with Gasteiger partial charge in [-0.25, -0.2) is 8.97 Å². The summed E-state index contributed by atoms with van der Waals surface area (Å²) in [5.41, 5.74) is 2.57. The van der Waals surface area contributed by atoms with Gasteiger partial charge in [0, 0.05) is 5.39 Å². The fourth-order valence-corrected chi connectivity index (χ4v) is 2.72. The van der Waals surface area contributed by atoms with E-state index in [1.807, 2.05) is 0 Å². The molecular formula is C18H15N2+. The quantitative estimate of drug-likeness (QED) is 0.487. The molecule has 0 amide bonds. The van der Waals surface area contributed by atoms with E-state index >= 15 is 0 Å². The van der Waals surface area contributed by atoms with Crippen molar-refractivity contribution < 1.29 is 4.57 Å². The smallest absolute Gasteiger partial charge is 0.232 e. The number of pyridine rings is 1. The topological polar surface area (TPSA) is 8.29 Å². The monoisotopic (exact) mass is 259 g/mol. The van der Waals surface area contributed by atoms with Crippen molar-refractivity contribution in [1.82, 2.24) is 4.40 Å². The van der Waals surface area contributed by atoms with Crippen LogP contribution >= 0.6 is 0 Å². The fraction of sp³-hybridized carbons (Fsp3) is 0.0556. The van der Waals surface area contributed by atoms with Crippen LogP contribution in [0.4, 0.5) is 0 Å². The molecule has 0 spiro atoms. The predicted octanol–water partition coefficient (Wildman–Crippen LogP) is 3.43. The number of hydrogen-bond acceptors (Lipinski definition) is 0. The Bertz CT molecular complexity index is 876. The lowest BCUT2D eigenvalue weighted by molar-refractivity contribution is -0.686. The van der Waals surface area contributed by atoms with E-state index in [4.69, 9.17) is 0 Å². The molecule has 0 aliphatic carbocycles. The number of rotatable bonds is 2. The molecule has 0 N–H and O–H groups in total. The molecule has 0 bridgehead atoms. The maximum Gasteiger partial charge on any atom is 0.249 e. The van der Waals surface area contributed by atoms with Crippen LogP contribution in [0.5, 0.6) is 0 Å². The Kier molecular flexibility index (Phi) is 2.52. The van der Waals surface area contributed by atoms with Crippen molar-refractivity contribution in [2.75, 3.05) is 0 Å². The fourth-order valence-electron chi connectivity index (χ4n) is 2.72. The van der Waals surface area contributed by atoms with Gasteiger partial charge in [-0.1, -0.05) is 48.5 Å². The van der Waals surface area contributed by atoms with Gasteiger partial charge >= 0.3 is 0 Å². The standard InChI is InChI=1S/C18H15N2/c1-2-6-15(7-3-1)12-19-13-18-17-9-5-4-8-16(17)10-11-20(18)14-19/h1-11,13-14H,12H2/q+1. The first kappa shape index (κ1) is 11.2. The number of imidazole rings is 1. The van der Waals surface area contributed by atoms with Gasteiger partial charge in [0.25, 0.3) is 0 Å². The van der Waals surface area contributed by atoms with Gasteiger partial charge in [0.2, 0.25) is 6.33 Å². The highest BCUT2D eigenvalue weighted by Crippen LogP contribution is 2.18. The molecule has 0 aliphatic heterocycles. The number of benzene rings is 2. The summed E-state index contributed by atoms with van der Waals surface area (Å²) in [5, 5.41) is 2.58. The summed E-state index contributed by atoms with van der Waals surface area (Å²) in [5.74, 6) is 0. The third-order valence-electron chi connectivity index (χ3n) is 3.70.